The lowest BCUT2D eigenvalue weighted by molar-refractivity contribution is 0.197. The lowest BCUT2D eigenvalue weighted by Gasteiger charge is -2.32. The second-order valence-corrected chi connectivity index (χ2v) is 6.06. The van der Waals surface area contributed by atoms with Crippen LogP contribution in [0.25, 0.3) is 0 Å². The zero-order chi connectivity index (χ0) is 14.5. The van der Waals surface area contributed by atoms with Crippen LogP contribution in [0, 0.1) is 11.8 Å². The number of hydrogen-bond acceptors (Lipinski definition) is 1. The summed E-state index contributed by atoms with van der Waals surface area (Å²) < 4.78 is 0. The van der Waals surface area contributed by atoms with Crippen LogP contribution in [-0.4, -0.2) is 18.0 Å². The quantitative estimate of drug-likeness (QED) is 0.687. The summed E-state index contributed by atoms with van der Waals surface area (Å²) in [5.41, 5.74) is 1.91. The van der Waals surface area contributed by atoms with Crippen LogP contribution in [0.15, 0.2) is 30.4 Å². The average Bonchev–Trinajstić information content (AvgIpc) is 2.42. The summed E-state index contributed by atoms with van der Waals surface area (Å²) in [6, 6.07) is 5.67. The van der Waals surface area contributed by atoms with Crippen LogP contribution in [0.3, 0.4) is 0 Å². The monoisotopic (exact) mass is 307 g/mol. The van der Waals surface area contributed by atoms with E-state index in [4.69, 9.17) is 23.2 Å². The van der Waals surface area contributed by atoms with E-state index in [1.54, 1.807) is 6.07 Å². The first kappa shape index (κ1) is 15.4. The summed E-state index contributed by atoms with van der Waals surface area (Å²) in [6.07, 6.45) is 3.73. The topological polar surface area (TPSA) is 3.24 Å². The molecule has 1 aromatic rings. The molecular weight excluding hydrogens is 289 g/mol. The largest absolute Gasteiger partial charge is 0.286 e. The third kappa shape index (κ3) is 4.03. The minimum absolute atomic E-state index is 0.0248. The van der Waals surface area contributed by atoms with Gasteiger partial charge in [0.15, 0.2) is 0 Å². The SMILES string of the molecule is C=C(C)C#CC(c1ccc(Cl)cc1Cl)N1CCCCC1. The fourth-order valence-electron chi connectivity index (χ4n) is 2.46. The Labute approximate surface area is 131 Å². The molecule has 1 saturated heterocycles. The number of rotatable bonds is 2. The highest BCUT2D eigenvalue weighted by Gasteiger charge is 2.22. The molecule has 1 atom stereocenters. The molecule has 0 saturated carbocycles. The van der Waals surface area contributed by atoms with Crippen LogP contribution in [0.4, 0.5) is 0 Å². The van der Waals surface area contributed by atoms with Crippen LogP contribution >= 0.6 is 23.2 Å². The molecule has 0 N–H and O–H groups in total. The number of piperidine rings is 1. The number of benzene rings is 1. The van der Waals surface area contributed by atoms with Gasteiger partial charge in [-0.15, -0.1) is 0 Å². The summed E-state index contributed by atoms with van der Waals surface area (Å²) in [5, 5.41) is 1.34. The highest BCUT2D eigenvalue weighted by atomic mass is 35.5. The molecule has 0 aliphatic carbocycles. The molecule has 1 fully saturated rings. The van der Waals surface area contributed by atoms with Gasteiger partial charge in [0.25, 0.3) is 0 Å². The third-order valence-corrected chi connectivity index (χ3v) is 4.00. The van der Waals surface area contributed by atoms with Crippen molar-refractivity contribution in [3.63, 3.8) is 0 Å². The molecule has 1 aromatic carbocycles. The van der Waals surface area contributed by atoms with Gasteiger partial charge in [-0.1, -0.05) is 54.1 Å². The Bertz CT molecular complexity index is 548. The van der Waals surface area contributed by atoms with E-state index in [1.165, 1.54) is 19.3 Å². The fourth-order valence-corrected chi connectivity index (χ4v) is 2.97. The number of likely N-dealkylation sites (tertiary alicyclic amines) is 1. The number of allylic oxidation sites excluding steroid dienone is 1. The highest BCUT2D eigenvalue weighted by Crippen LogP contribution is 2.31. The van der Waals surface area contributed by atoms with Gasteiger partial charge in [-0.2, -0.15) is 0 Å². The molecule has 3 heteroatoms. The molecule has 1 heterocycles. The molecule has 106 valence electrons. The van der Waals surface area contributed by atoms with E-state index in [9.17, 15) is 0 Å². The molecule has 2 rings (SSSR count). The molecule has 0 spiro atoms. The summed E-state index contributed by atoms with van der Waals surface area (Å²) >= 11 is 12.3. The van der Waals surface area contributed by atoms with Crippen LogP contribution in [-0.2, 0) is 0 Å². The van der Waals surface area contributed by atoms with Gasteiger partial charge in [0, 0.05) is 15.6 Å². The van der Waals surface area contributed by atoms with Crippen molar-refractivity contribution in [2.75, 3.05) is 13.1 Å². The van der Waals surface area contributed by atoms with Crippen molar-refractivity contribution in [3.05, 3.63) is 46.0 Å². The van der Waals surface area contributed by atoms with E-state index < -0.39 is 0 Å². The Morgan fingerprint density at radius 3 is 2.55 bits per heavy atom. The number of nitrogens with zero attached hydrogens (tertiary/aromatic N) is 1. The first-order valence-corrected chi connectivity index (χ1v) is 7.69. The third-order valence-electron chi connectivity index (χ3n) is 3.44. The molecule has 0 radical (unpaired) electrons. The van der Waals surface area contributed by atoms with Crippen molar-refractivity contribution in [2.45, 2.75) is 32.2 Å². The van der Waals surface area contributed by atoms with E-state index in [2.05, 4.69) is 23.3 Å². The van der Waals surface area contributed by atoms with E-state index >= 15 is 0 Å². The maximum absolute atomic E-state index is 6.36. The predicted molar refractivity (Wildman–Crippen MR) is 87.2 cm³/mol. The normalized spacial score (nSPS) is 17.1. The van der Waals surface area contributed by atoms with Crippen molar-refractivity contribution in [1.82, 2.24) is 4.90 Å². The van der Waals surface area contributed by atoms with Crippen LogP contribution < -0.4 is 0 Å². The zero-order valence-corrected chi connectivity index (χ0v) is 13.3. The first-order valence-electron chi connectivity index (χ1n) is 6.94. The van der Waals surface area contributed by atoms with Crippen molar-refractivity contribution in [1.29, 1.82) is 0 Å². The predicted octanol–water partition coefficient (Wildman–Crippen LogP) is 5.10. The molecule has 20 heavy (non-hydrogen) atoms. The van der Waals surface area contributed by atoms with Gasteiger partial charge in [0.2, 0.25) is 0 Å². The van der Waals surface area contributed by atoms with Crippen LogP contribution in [0.1, 0.15) is 37.8 Å². The van der Waals surface area contributed by atoms with E-state index in [1.807, 2.05) is 19.1 Å². The minimum Gasteiger partial charge on any atom is -0.286 e. The molecule has 0 amide bonds. The van der Waals surface area contributed by atoms with E-state index in [0.717, 1.165) is 24.2 Å². The van der Waals surface area contributed by atoms with E-state index in [-0.39, 0.29) is 6.04 Å². The van der Waals surface area contributed by atoms with Gasteiger partial charge in [0.05, 0.1) is 6.04 Å². The zero-order valence-electron chi connectivity index (χ0n) is 11.8. The number of hydrogen-bond donors (Lipinski definition) is 0. The van der Waals surface area contributed by atoms with Crippen molar-refractivity contribution >= 4 is 23.2 Å². The molecule has 0 aromatic heterocycles. The van der Waals surface area contributed by atoms with Gasteiger partial charge < -0.3 is 0 Å². The maximum atomic E-state index is 6.36. The first-order chi connectivity index (χ1) is 9.58. The van der Waals surface area contributed by atoms with Crippen molar-refractivity contribution in [3.8, 4) is 11.8 Å². The van der Waals surface area contributed by atoms with E-state index in [0.29, 0.717) is 10.0 Å². The van der Waals surface area contributed by atoms with Gasteiger partial charge >= 0.3 is 0 Å². The van der Waals surface area contributed by atoms with Crippen molar-refractivity contribution in [2.24, 2.45) is 0 Å². The Kier molecular flexibility index (Phi) is 5.54. The van der Waals surface area contributed by atoms with Gasteiger partial charge in [0.1, 0.15) is 0 Å². The van der Waals surface area contributed by atoms with Gasteiger partial charge in [-0.25, -0.2) is 0 Å². The van der Waals surface area contributed by atoms with Gasteiger partial charge in [-0.3, -0.25) is 4.90 Å². The Hall–Kier alpha value is -0.940. The second kappa shape index (κ2) is 7.18. The average molecular weight is 308 g/mol. The van der Waals surface area contributed by atoms with Gasteiger partial charge in [-0.05, 0) is 50.6 Å². The molecule has 1 unspecified atom stereocenters. The standard InChI is InChI=1S/C17H19Cl2N/c1-13(2)6-9-17(20-10-4-3-5-11-20)15-8-7-14(18)12-16(15)19/h7-8,12,17H,1,3-5,10-11H2,2H3. The minimum atomic E-state index is 0.0248. The summed E-state index contributed by atoms with van der Waals surface area (Å²) in [5.74, 6) is 6.42. The van der Waals surface area contributed by atoms with Crippen LogP contribution in [0.5, 0.6) is 0 Å². The second-order valence-electron chi connectivity index (χ2n) is 5.21. The molecule has 1 nitrogen and oxygen atoms in total. The fraction of sp³-hybridized carbons (Fsp3) is 0.412. The Balaban J connectivity index is 2.34. The Morgan fingerprint density at radius 2 is 1.95 bits per heavy atom. The molecule has 1 aliphatic rings. The number of halogens is 2. The smallest absolute Gasteiger partial charge is 0.0988 e. The molecular formula is C17H19Cl2N. The summed E-state index contributed by atoms with van der Waals surface area (Å²) in [4.78, 5) is 2.40. The Morgan fingerprint density at radius 1 is 1.25 bits per heavy atom. The lowest BCUT2D eigenvalue weighted by atomic mass is 10.0. The van der Waals surface area contributed by atoms with Crippen LogP contribution in [0.2, 0.25) is 10.0 Å². The maximum Gasteiger partial charge on any atom is 0.0988 e. The molecule has 1 aliphatic heterocycles. The summed E-state index contributed by atoms with van der Waals surface area (Å²) in [7, 11) is 0. The van der Waals surface area contributed by atoms with Crippen molar-refractivity contribution < 1.29 is 0 Å². The molecule has 0 bridgehead atoms. The highest BCUT2D eigenvalue weighted by molar-refractivity contribution is 6.35. The lowest BCUT2D eigenvalue weighted by Crippen LogP contribution is -2.33. The summed E-state index contributed by atoms with van der Waals surface area (Å²) in [6.45, 7) is 7.90.